The molecule has 1 aliphatic carbocycles. The summed E-state index contributed by atoms with van der Waals surface area (Å²) in [6.07, 6.45) is -1.99. The summed E-state index contributed by atoms with van der Waals surface area (Å²) >= 11 is 0. The summed E-state index contributed by atoms with van der Waals surface area (Å²) in [5.74, 6) is -5.53. The maximum atomic E-state index is 13.2. The first-order chi connectivity index (χ1) is 12.1. The number of ether oxygens (including phenoxy) is 1. The van der Waals surface area contributed by atoms with Crippen molar-refractivity contribution in [1.29, 1.82) is 0 Å². The molecule has 3 rings (SSSR count). The number of alkyl halides is 3. The molecule has 1 heterocycles. The van der Waals surface area contributed by atoms with Gasteiger partial charge in [0.2, 0.25) is 0 Å². The maximum Gasteiger partial charge on any atom is 0.491 e. The van der Waals surface area contributed by atoms with Crippen LogP contribution in [0.3, 0.4) is 0 Å². The summed E-state index contributed by atoms with van der Waals surface area (Å²) in [7, 11) is 1.22. The number of carbonyl (C=O) groups is 2. The molecular weight excluding hydrogens is 351 g/mol. The molecule has 1 aliphatic heterocycles. The van der Waals surface area contributed by atoms with E-state index in [9.17, 15) is 22.8 Å². The van der Waals surface area contributed by atoms with Gasteiger partial charge in [-0.1, -0.05) is 43.2 Å². The van der Waals surface area contributed by atoms with Gasteiger partial charge in [-0.2, -0.15) is 13.2 Å². The van der Waals surface area contributed by atoms with Crippen molar-refractivity contribution in [3.8, 4) is 0 Å². The van der Waals surface area contributed by atoms with E-state index in [1.807, 2.05) is 0 Å². The number of nitrogens with one attached hydrogen (secondary N) is 1. The van der Waals surface area contributed by atoms with Crippen LogP contribution < -0.4 is 11.1 Å². The fourth-order valence-corrected chi connectivity index (χ4v) is 3.90. The minimum atomic E-state index is -5.22. The smallest absolute Gasteiger partial charge is 0.404 e. The van der Waals surface area contributed by atoms with Crippen molar-refractivity contribution in [2.45, 2.75) is 43.4 Å². The lowest BCUT2D eigenvalue weighted by molar-refractivity contribution is -0.229. The Morgan fingerprint density at radius 2 is 1.85 bits per heavy atom. The first kappa shape index (κ1) is 18.7. The molecule has 0 aromatic heterocycles. The first-order valence-electron chi connectivity index (χ1n) is 8.33. The molecular formula is C17H20F3N3O3. The first-order valence-corrected chi connectivity index (χ1v) is 8.33. The molecule has 1 aromatic carbocycles. The van der Waals surface area contributed by atoms with Crippen molar-refractivity contribution in [2.24, 2.45) is 11.7 Å². The van der Waals surface area contributed by atoms with Gasteiger partial charge in [0.25, 0.3) is 5.91 Å². The number of amides is 1. The Morgan fingerprint density at radius 1 is 1.27 bits per heavy atom. The summed E-state index contributed by atoms with van der Waals surface area (Å²) in [5, 5.41) is 2.75. The van der Waals surface area contributed by atoms with E-state index in [-0.39, 0.29) is 5.92 Å². The van der Waals surface area contributed by atoms with Crippen LogP contribution in [-0.4, -0.2) is 36.0 Å². The molecule has 0 radical (unpaired) electrons. The quantitative estimate of drug-likeness (QED) is 0.625. The van der Waals surface area contributed by atoms with E-state index in [1.165, 1.54) is 7.05 Å². The Balaban J connectivity index is 2.03. The average molecular weight is 371 g/mol. The van der Waals surface area contributed by atoms with E-state index >= 15 is 0 Å². The Kier molecular flexibility index (Phi) is 4.48. The molecule has 6 nitrogen and oxygen atoms in total. The van der Waals surface area contributed by atoms with Gasteiger partial charge in [-0.15, -0.1) is 0 Å². The second-order valence-electron chi connectivity index (χ2n) is 6.73. The average Bonchev–Trinajstić information content (AvgIpc) is 3.18. The van der Waals surface area contributed by atoms with Crippen molar-refractivity contribution >= 4 is 11.9 Å². The fraction of sp³-hybridized carbons (Fsp3) is 0.529. The molecule has 142 valence electrons. The largest absolute Gasteiger partial charge is 0.491 e. The molecule has 2 aliphatic rings. The SMILES string of the molecule is CN1C(=O)C(c2ccccc2)(C2CCCC2)NC1(N)OC(=O)C(F)(F)F. The second kappa shape index (κ2) is 6.24. The zero-order chi connectivity index (χ0) is 19.2. The lowest BCUT2D eigenvalue weighted by Gasteiger charge is -2.35. The molecule has 0 bridgehead atoms. The van der Waals surface area contributed by atoms with E-state index in [4.69, 9.17) is 5.73 Å². The predicted octanol–water partition coefficient (Wildman–Crippen LogP) is 1.81. The van der Waals surface area contributed by atoms with Crippen molar-refractivity contribution in [3.05, 3.63) is 35.9 Å². The molecule has 1 saturated heterocycles. The van der Waals surface area contributed by atoms with Gasteiger partial charge in [0.15, 0.2) is 0 Å². The summed E-state index contributed by atoms with van der Waals surface area (Å²) in [6, 6.07) is 8.68. The summed E-state index contributed by atoms with van der Waals surface area (Å²) < 4.78 is 42.4. The normalized spacial score (nSPS) is 30.0. The minimum Gasteiger partial charge on any atom is -0.404 e. The van der Waals surface area contributed by atoms with Crippen LogP contribution in [0.4, 0.5) is 13.2 Å². The minimum absolute atomic E-state index is 0.171. The third-order valence-corrected chi connectivity index (χ3v) is 5.19. The Hall–Kier alpha value is -2.13. The molecule has 1 saturated carbocycles. The van der Waals surface area contributed by atoms with Crippen molar-refractivity contribution in [2.75, 3.05) is 7.05 Å². The monoisotopic (exact) mass is 371 g/mol. The van der Waals surface area contributed by atoms with E-state index in [2.05, 4.69) is 10.1 Å². The van der Waals surface area contributed by atoms with Crippen LogP contribution in [0.2, 0.25) is 0 Å². The number of hydrogen-bond acceptors (Lipinski definition) is 5. The third-order valence-electron chi connectivity index (χ3n) is 5.19. The van der Waals surface area contributed by atoms with Gasteiger partial charge in [-0.05, 0) is 24.3 Å². The topological polar surface area (TPSA) is 84.7 Å². The standard InChI is InChI=1S/C17H20F3N3O3/c1-23-13(24)15(12-9-5-6-10-12,11-7-3-2-4-8-11)22-17(23,21)26-14(25)16(18,19)20/h2-4,7-8,12,22H,5-6,9-10,21H2,1H3. The molecule has 2 unspecified atom stereocenters. The zero-order valence-corrected chi connectivity index (χ0v) is 14.2. The zero-order valence-electron chi connectivity index (χ0n) is 14.2. The van der Waals surface area contributed by atoms with Gasteiger partial charge >= 0.3 is 18.1 Å². The molecule has 2 fully saturated rings. The highest BCUT2D eigenvalue weighted by Gasteiger charge is 2.63. The van der Waals surface area contributed by atoms with Gasteiger partial charge in [0.1, 0.15) is 5.54 Å². The number of nitrogens with two attached hydrogens (primary N) is 1. The highest BCUT2D eigenvalue weighted by Crippen LogP contribution is 2.46. The lowest BCUT2D eigenvalue weighted by Crippen LogP contribution is -2.64. The number of hydrogen-bond donors (Lipinski definition) is 2. The molecule has 2 atom stereocenters. The van der Waals surface area contributed by atoms with Gasteiger partial charge in [-0.25, -0.2) is 10.1 Å². The molecule has 0 spiro atoms. The van der Waals surface area contributed by atoms with E-state index in [0.29, 0.717) is 18.4 Å². The highest BCUT2D eigenvalue weighted by molar-refractivity contribution is 5.91. The van der Waals surface area contributed by atoms with Crippen molar-refractivity contribution < 1.29 is 27.5 Å². The number of benzene rings is 1. The summed E-state index contributed by atoms with van der Waals surface area (Å²) in [4.78, 5) is 25.3. The van der Waals surface area contributed by atoms with Gasteiger partial charge in [-0.3, -0.25) is 15.4 Å². The summed E-state index contributed by atoms with van der Waals surface area (Å²) in [5.41, 5.74) is 5.16. The van der Waals surface area contributed by atoms with Crippen LogP contribution in [0.25, 0.3) is 0 Å². The summed E-state index contributed by atoms with van der Waals surface area (Å²) in [6.45, 7) is 0. The molecule has 26 heavy (non-hydrogen) atoms. The van der Waals surface area contributed by atoms with E-state index in [0.717, 1.165) is 17.7 Å². The molecule has 9 heteroatoms. The number of esters is 1. The number of rotatable bonds is 3. The molecule has 3 N–H and O–H groups in total. The lowest BCUT2D eigenvalue weighted by atomic mass is 9.77. The van der Waals surface area contributed by atoms with Gasteiger partial charge in [0, 0.05) is 7.05 Å². The van der Waals surface area contributed by atoms with Crippen LogP contribution in [-0.2, 0) is 19.9 Å². The van der Waals surface area contributed by atoms with Crippen LogP contribution in [0.15, 0.2) is 30.3 Å². The third kappa shape index (κ3) is 2.84. The Labute approximate surface area is 148 Å². The number of likely N-dealkylation sites (N-methyl/N-ethyl adjacent to an activating group) is 1. The van der Waals surface area contributed by atoms with Gasteiger partial charge < -0.3 is 4.74 Å². The van der Waals surface area contributed by atoms with Crippen LogP contribution in [0.5, 0.6) is 0 Å². The van der Waals surface area contributed by atoms with E-state index in [1.54, 1.807) is 30.3 Å². The molecule has 1 aromatic rings. The van der Waals surface area contributed by atoms with Crippen LogP contribution in [0, 0.1) is 5.92 Å². The predicted molar refractivity (Wildman–Crippen MR) is 85.0 cm³/mol. The number of carbonyl (C=O) groups excluding carboxylic acids is 2. The Morgan fingerprint density at radius 3 is 2.38 bits per heavy atom. The fourth-order valence-electron chi connectivity index (χ4n) is 3.90. The van der Waals surface area contributed by atoms with E-state index < -0.39 is 29.6 Å². The highest BCUT2D eigenvalue weighted by atomic mass is 19.4. The number of halogens is 3. The van der Waals surface area contributed by atoms with Gasteiger partial charge in [0.05, 0.1) is 0 Å². The van der Waals surface area contributed by atoms with Crippen molar-refractivity contribution in [1.82, 2.24) is 10.2 Å². The number of nitrogens with zero attached hydrogens (tertiary/aromatic N) is 1. The second-order valence-corrected chi connectivity index (χ2v) is 6.73. The maximum absolute atomic E-state index is 13.2. The van der Waals surface area contributed by atoms with Crippen molar-refractivity contribution in [3.63, 3.8) is 0 Å². The van der Waals surface area contributed by atoms with Crippen LogP contribution in [0.1, 0.15) is 31.2 Å². The van der Waals surface area contributed by atoms with Crippen LogP contribution >= 0.6 is 0 Å². The molecule has 1 amide bonds. The Bertz CT molecular complexity index is 706.